The minimum Gasteiger partial charge on any atom is -0.490 e. The van der Waals surface area contributed by atoms with Crippen molar-refractivity contribution in [2.24, 2.45) is 5.10 Å². The summed E-state index contributed by atoms with van der Waals surface area (Å²) in [6.07, 6.45) is 1.85. The highest BCUT2D eigenvalue weighted by Gasteiger charge is 2.13. The average Bonchev–Trinajstić information content (AvgIpc) is 2.75. The van der Waals surface area contributed by atoms with Crippen LogP contribution in [0.25, 0.3) is 0 Å². The summed E-state index contributed by atoms with van der Waals surface area (Å²) in [6, 6.07) is 17.2. The lowest BCUT2D eigenvalue weighted by molar-refractivity contribution is -0.120. The van der Waals surface area contributed by atoms with E-state index in [2.05, 4.69) is 32.5 Å². The Balaban J connectivity index is 1.67. The molecule has 172 valence electrons. The molecule has 0 saturated heterocycles. The van der Waals surface area contributed by atoms with Gasteiger partial charge in [-0.2, -0.15) is 5.10 Å². The molecule has 0 aliphatic carbocycles. The molecule has 33 heavy (non-hydrogen) atoms. The number of hydrogen-bond acceptors (Lipinski definition) is 4. The van der Waals surface area contributed by atoms with E-state index in [1.807, 2.05) is 69.3 Å². The molecule has 0 aromatic heterocycles. The normalized spacial score (nSPS) is 10.9. The van der Waals surface area contributed by atoms with Crippen molar-refractivity contribution in [3.8, 4) is 11.5 Å². The third-order valence-electron chi connectivity index (χ3n) is 4.86. The smallest absolute Gasteiger partial charge is 0.244 e. The van der Waals surface area contributed by atoms with Gasteiger partial charge in [-0.3, -0.25) is 4.79 Å². The number of aryl methyl sites for hydroxylation is 2. The molecule has 0 aliphatic heterocycles. The van der Waals surface area contributed by atoms with E-state index in [-0.39, 0.29) is 12.3 Å². The Hall–Kier alpha value is -2.83. The van der Waals surface area contributed by atoms with E-state index in [0.717, 1.165) is 26.7 Å². The van der Waals surface area contributed by atoms with Crippen LogP contribution in [-0.2, 0) is 17.8 Å². The van der Waals surface area contributed by atoms with Crippen LogP contribution in [0.1, 0.15) is 34.7 Å². The van der Waals surface area contributed by atoms with Gasteiger partial charge in [0.15, 0.2) is 11.5 Å². The van der Waals surface area contributed by atoms with Crippen LogP contribution in [0.4, 0.5) is 0 Å². The topological polar surface area (TPSA) is 59.9 Å². The number of benzene rings is 3. The first kappa shape index (κ1) is 24.8. The first-order valence-electron chi connectivity index (χ1n) is 10.6. The van der Waals surface area contributed by atoms with Crippen molar-refractivity contribution in [2.75, 3.05) is 6.61 Å². The van der Waals surface area contributed by atoms with Gasteiger partial charge in [0.25, 0.3) is 0 Å². The maximum absolute atomic E-state index is 12.3. The summed E-state index contributed by atoms with van der Waals surface area (Å²) in [5, 5.41) is 4.76. The highest BCUT2D eigenvalue weighted by molar-refractivity contribution is 9.10. The standard InChI is InChI=1S/C26H26BrClN2O3/c1-4-32-24-13-20(12-23(27)26(24)33-16-19-6-5-7-22(28)11-19)15-29-30-25(31)14-21-9-8-17(2)10-18(21)3/h5-13,15H,4,14,16H2,1-3H3,(H,30,31)/b29-15+. The van der Waals surface area contributed by atoms with E-state index in [0.29, 0.717) is 29.7 Å². The SMILES string of the molecule is CCOc1cc(/C=N/NC(=O)Cc2ccc(C)cc2C)cc(Br)c1OCc1cccc(Cl)c1. The highest BCUT2D eigenvalue weighted by atomic mass is 79.9. The minimum absolute atomic E-state index is 0.177. The molecule has 0 radical (unpaired) electrons. The van der Waals surface area contributed by atoms with Crippen molar-refractivity contribution in [3.63, 3.8) is 0 Å². The Labute approximate surface area is 207 Å². The van der Waals surface area contributed by atoms with Crippen LogP contribution < -0.4 is 14.9 Å². The van der Waals surface area contributed by atoms with Gasteiger partial charge < -0.3 is 9.47 Å². The van der Waals surface area contributed by atoms with Gasteiger partial charge >= 0.3 is 0 Å². The van der Waals surface area contributed by atoms with Crippen molar-refractivity contribution in [3.05, 3.63) is 91.9 Å². The zero-order valence-corrected chi connectivity index (χ0v) is 21.2. The summed E-state index contributed by atoms with van der Waals surface area (Å²) in [5.74, 6) is 0.994. The zero-order chi connectivity index (χ0) is 23.8. The van der Waals surface area contributed by atoms with Crippen molar-refractivity contribution in [2.45, 2.75) is 33.8 Å². The number of hydrazone groups is 1. The number of amides is 1. The molecule has 0 unspecified atom stereocenters. The van der Waals surface area contributed by atoms with Gasteiger partial charge in [0.05, 0.1) is 23.7 Å². The largest absolute Gasteiger partial charge is 0.490 e. The molecule has 0 saturated carbocycles. The van der Waals surface area contributed by atoms with Crippen molar-refractivity contribution >= 4 is 39.7 Å². The molecule has 3 aromatic rings. The van der Waals surface area contributed by atoms with Gasteiger partial charge in [-0.1, -0.05) is 47.5 Å². The Morgan fingerprint density at radius 1 is 1.12 bits per heavy atom. The molecule has 0 fully saturated rings. The summed E-state index contributed by atoms with van der Waals surface area (Å²) in [4.78, 5) is 12.3. The van der Waals surface area contributed by atoms with Crippen LogP contribution in [0.3, 0.4) is 0 Å². The third-order valence-corrected chi connectivity index (χ3v) is 5.68. The molecule has 0 atom stereocenters. The molecule has 0 bridgehead atoms. The van der Waals surface area contributed by atoms with Gasteiger partial charge in [0.2, 0.25) is 5.91 Å². The second-order valence-electron chi connectivity index (χ2n) is 7.58. The van der Waals surface area contributed by atoms with Crippen LogP contribution in [0.2, 0.25) is 5.02 Å². The summed E-state index contributed by atoms with van der Waals surface area (Å²) >= 11 is 9.61. The van der Waals surface area contributed by atoms with E-state index in [1.54, 1.807) is 6.21 Å². The summed E-state index contributed by atoms with van der Waals surface area (Å²) in [7, 11) is 0. The summed E-state index contributed by atoms with van der Waals surface area (Å²) < 4.78 is 12.5. The molecular formula is C26H26BrClN2O3. The predicted octanol–water partition coefficient (Wildman–Crippen LogP) is 6.39. The molecule has 0 spiro atoms. The predicted molar refractivity (Wildman–Crippen MR) is 136 cm³/mol. The molecule has 0 heterocycles. The van der Waals surface area contributed by atoms with Gasteiger partial charge in [-0.25, -0.2) is 5.43 Å². The maximum Gasteiger partial charge on any atom is 0.244 e. The van der Waals surface area contributed by atoms with E-state index < -0.39 is 0 Å². The highest BCUT2D eigenvalue weighted by Crippen LogP contribution is 2.37. The molecule has 3 aromatic carbocycles. The quantitative estimate of drug-likeness (QED) is 0.258. The lowest BCUT2D eigenvalue weighted by Crippen LogP contribution is -2.20. The van der Waals surface area contributed by atoms with E-state index >= 15 is 0 Å². The first-order chi connectivity index (χ1) is 15.9. The van der Waals surface area contributed by atoms with Crippen LogP contribution in [0, 0.1) is 13.8 Å². The maximum atomic E-state index is 12.3. The van der Waals surface area contributed by atoms with Crippen LogP contribution in [0.15, 0.2) is 64.2 Å². The summed E-state index contributed by atoms with van der Waals surface area (Å²) in [6.45, 7) is 6.77. The Bertz CT molecular complexity index is 1160. The fraction of sp³-hybridized carbons (Fsp3) is 0.231. The van der Waals surface area contributed by atoms with Crippen molar-refractivity contribution in [1.29, 1.82) is 0 Å². The van der Waals surface area contributed by atoms with Gasteiger partial charge in [-0.15, -0.1) is 0 Å². The Morgan fingerprint density at radius 3 is 2.67 bits per heavy atom. The average molecular weight is 530 g/mol. The second-order valence-corrected chi connectivity index (χ2v) is 8.87. The molecular weight excluding hydrogens is 504 g/mol. The van der Waals surface area contributed by atoms with Crippen LogP contribution in [0.5, 0.6) is 11.5 Å². The fourth-order valence-corrected chi connectivity index (χ4v) is 4.07. The molecule has 3 rings (SSSR count). The number of halogens is 2. The Kier molecular flexibility index (Phi) is 8.92. The number of hydrogen-bond donors (Lipinski definition) is 1. The van der Waals surface area contributed by atoms with Crippen LogP contribution >= 0.6 is 27.5 Å². The van der Waals surface area contributed by atoms with Gasteiger partial charge in [0, 0.05) is 5.02 Å². The first-order valence-corrected chi connectivity index (χ1v) is 11.7. The fourth-order valence-electron chi connectivity index (χ4n) is 3.28. The number of nitrogens with zero attached hydrogens (tertiary/aromatic N) is 1. The van der Waals surface area contributed by atoms with Gasteiger partial charge in [0.1, 0.15) is 6.61 Å². The zero-order valence-electron chi connectivity index (χ0n) is 18.8. The lowest BCUT2D eigenvalue weighted by Gasteiger charge is -2.15. The summed E-state index contributed by atoms with van der Waals surface area (Å²) in [5.41, 5.74) is 7.54. The van der Waals surface area contributed by atoms with E-state index in [4.69, 9.17) is 21.1 Å². The number of nitrogens with one attached hydrogen (secondary N) is 1. The van der Waals surface area contributed by atoms with Gasteiger partial charge in [-0.05, 0) is 83.2 Å². The minimum atomic E-state index is -0.177. The monoisotopic (exact) mass is 528 g/mol. The second kappa shape index (κ2) is 11.9. The Morgan fingerprint density at radius 2 is 1.94 bits per heavy atom. The number of carbonyl (C=O) groups excluding carboxylic acids is 1. The van der Waals surface area contributed by atoms with E-state index in [1.165, 1.54) is 5.56 Å². The third kappa shape index (κ3) is 7.34. The molecule has 5 nitrogen and oxygen atoms in total. The molecule has 1 N–H and O–H groups in total. The molecule has 0 aliphatic rings. The van der Waals surface area contributed by atoms with Crippen molar-refractivity contribution < 1.29 is 14.3 Å². The lowest BCUT2D eigenvalue weighted by atomic mass is 10.0. The number of carbonyl (C=O) groups is 1. The molecule has 1 amide bonds. The van der Waals surface area contributed by atoms with Crippen LogP contribution in [-0.4, -0.2) is 18.7 Å². The number of ether oxygens (including phenoxy) is 2. The number of rotatable bonds is 9. The van der Waals surface area contributed by atoms with Crippen molar-refractivity contribution in [1.82, 2.24) is 5.43 Å². The molecule has 7 heteroatoms. The van der Waals surface area contributed by atoms with E-state index in [9.17, 15) is 4.79 Å².